The number of anilines is 2. The van der Waals surface area contributed by atoms with Crippen LogP contribution in [0.15, 0.2) is 72.9 Å². The highest BCUT2D eigenvalue weighted by Crippen LogP contribution is 2.33. The summed E-state index contributed by atoms with van der Waals surface area (Å²) in [7, 11) is 0. The second kappa shape index (κ2) is 14.5. The van der Waals surface area contributed by atoms with Crippen LogP contribution in [0, 0.1) is 6.92 Å². The van der Waals surface area contributed by atoms with Crippen molar-refractivity contribution in [1.29, 1.82) is 0 Å². The molecule has 3 aromatic carbocycles. The molecule has 1 saturated heterocycles. The highest BCUT2D eigenvalue weighted by Gasteiger charge is 2.23. The summed E-state index contributed by atoms with van der Waals surface area (Å²) in [6, 6.07) is 19.9. The van der Waals surface area contributed by atoms with Gasteiger partial charge in [0.05, 0.1) is 21.9 Å². The first-order valence-electron chi connectivity index (χ1n) is 15.4. The fraction of sp³-hybridized carbons (Fsp3) is 0.286. The fourth-order valence-corrected chi connectivity index (χ4v) is 5.80. The van der Waals surface area contributed by atoms with E-state index >= 15 is 0 Å². The van der Waals surface area contributed by atoms with E-state index < -0.39 is 0 Å². The molecule has 12 heteroatoms. The number of amides is 2. The van der Waals surface area contributed by atoms with Crippen molar-refractivity contribution in [2.75, 3.05) is 43.6 Å². The van der Waals surface area contributed by atoms with Crippen LogP contribution in [-0.4, -0.2) is 65.6 Å². The van der Waals surface area contributed by atoms with Crippen molar-refractivity contribution >= 4 is 46.4 Å². The lowest BCUT2D eigenvalue weighted by Gasteiger charge is -2.35. The Kier molecular flexibility index (Phi) is 10.0. The van der Waals surface area contributed by atoms with Gasteiger partial charge in [0.25, 0.3) is 5.91 Å². The molecule has 4 aromatic rings. The summed E-state index contributed by atoms with van der Waals surface area (Å²) < 4.78 is 16.9. The third kappa shape index (κ3) is 8.26. The van der Waals surface area contributed by atoms with E-state index in [0.29, 0.717) is 52.4 Å². The summed E-state index contributed by atoms with van der Waals surface area (Å²) >= 11 is 12.0. The predicted molar refractivity (Wildman–Crippen MR) is 182 cm³/mol. The van der Waals surface area contributed by atoms with Crippen molar-refractivity contribution in [2.24, 2.45) is 0 Å². The molecule has 2 aliphatic heterocycles. The highest BCUT2D eigenvalue weighted by molar-refractivity contribution is 6.42. The van der Waals surface area contributed by atoms with Crippen LogP contribution in [0.5, 0.6) is 23.1 Å². The number of nitrogens with one attached hydrogen (secondary N) is 2. The second-order valence-electron chi connectivity index (χ2n) is 11.6. The molecule has 47 heavy (non-hydrogen) atoms. The van der Waals surface area contributed by atoms with E-state index in [4.69, 9.17) is 37.4 Å². The minimum atomic E-state index is -0.328. The van der Waals surface area contributed by atoms with Gasteiger partial charge >= 0.3 is 0 Å². The number of rotatable bonds is 10. The molecule has 0 radical (unpaired) electrons. The zero-order chi connectivity index (χ0) is 32.9. The van der Waals surface area contributed by atoms with Crippen molar-refractivity contribution in [2.45, 2.75) is 32.9 Å². The Bertz CT molecular complexity index is 1760. The standard InChI is InChI=1S/C35H35Cl2N5O5/c1-22-15-26(5-9-30(22)47-33-10-6-27(19-38-33)40-35(44)25-4-7-28(36)29(37)18-25)39-23(2)16-34(43)42-13-11-41(12-14-42)20-24-3-8-31-32(17-24)46-21-45-31/h3-10,15,17-19,23,39H,11-14,16,20-21H2,1-2H3,(H,40,44). The molecule has 1 aromatic heterocycles. The molecule has 0 spiro atoms. The van der Waals surface area contributed by atoms with Crippen molar-refractivity contribution in [3.05, 3.63) is 99.7 Å². The molecule has 244 valence electrons. The van der Waals surface area contributed by atoms with E-state index in [1.807, 2.05) is 49.1 Å². The van der Waals surface area contributed by atoms with Gasteiger partial charge in [0, 0.05) is 62.5 Å². The van der Waals surface area contributed by atoms with Crippen LogP contribution < -0.4 is 24.8 Å². The molecular formula is C35H35Cl2N5O5. The molecule has 1 unspecified atom stereocenters. The Balaban J connectivity index is 0.947. The average Bonchev–Trinajstić information content (AvgIpc) is 3.53. The normalized spacial score (nSPS) is 14.9. The first-order valence-corrected chi connectivity index (χ1v) is 16.1. The van der Waals surface area contributed by atoms with Gasteiger partial charge in [-0.1, -0.05) is 29.3 Å². The van der Waals surface area contributed by atoms with E-state index in [0.717, 1.165) is 42.4 Å². The number of benzene rings is 3. The number of fused-ring (bicyclic) bond motifs is 1. The van der Waals surface area contributed by atoms with Gasteiger partial charge in [0.2, 0.25) is 18.6 Å². The van der Waals surface area contributed by atoms with Gasteiger partial charge in [-0.15, -0.1) is 0 Å². The Morgan fingerprint density at radius 1 is 0.915 bits per heavy atom. The van der Waals surface area contributed by atoms with Gasteiger partial charge < -0.3 is 29.7 Å². The average molecular weight is 677 g/mol. The van der Waals surface area contributed by atoms with Gasteiger partial charge in [-0.2, -0.15) is 0 Å². The lowest BCUT2D eigenvalue weighted by Crippen LogP contribution is -2.49. The molecule has 0 saturated carbocycles. The Morgan fingerprint density at radius 3 is 2.45 bits per heavy atom. The zero-order valence-electron chi connectivity index (χ0n) is 26.1. The molecule has 1 fully saturated rings. The molecule has 1 atom stereocenters. The molecule has 6 rings (SSSR count). The van der Waals surface area contributed by atoms with Crippen molar-refractivity contribution < 1.29 is 23.8 Å². The number of aromatic nitrogens is 1. The largest absolute Gasteiger partial charge is 0.454 e. The van der Waals surface area contributed by atoms with Crippen LogP contribution >= 0.6 is 23.2 Å². The monoisotopic (exact) mass is 675 g/mol. The lowest BCUT2D eigenvalue weighted by molar-refractivity contribution is -0.133. The van der Waals surface area contributed by atoms with E-state index in [1.54, 1.807) is 24.3 Å². The number of hydrogen-bond acceptors (Lipinski definition) is 8. The minimum absolute atomic E-state index is 0.0475. The molecule has 0 aliphatic carbocycles. The molecule has 2 N–H and O–H groups in total. The summed E-state index contributed by atoms with van der Waals surface area (Å²) in [6.45, 7) is 8.12. The maximum atomic E-state index is 13.1. The van der Waals surface area contributed by atoms with Crippen LogP contribution in [0.2, 0.25) is 10.0 Å². The van der Waals surface area contributed by atoms with Crippen LogP contribution in [0.1, 0.15) is 34.8 Å². The van der Waals surface area contributed by atoms with Gasteiger partial charge in [-0.25, -0.2) is 4.98 Å². The number of hydrogen-bond donors (Lipinski definition) is 2. The highest BCUT2D eigenvalue weighted by atomic mass is 35.5. The summed E-state index contributed by atoms with van der Waals surface area (Å²) in [4.78, 5) is 34.2. The number of carbonyl (C=O) groups excluding carboxylic acids is 2. The summed E-state index contributed by atoms with van der Waals surface area (Å²) in [5.74, 6) is 2.44. The smallest absolute Gasteiger partial charge is 0.255 e. The molecule has 2 amide bonds. The van der Waals surface area contributed by atoms with Gasteiger partial charge in [0.15, 0.2) is 11.5 Å². The third-order valence-corrected chi connectivity index (χ3v) is 8.77. The van der Waals surface area contributed by atoms with Crippen LogP contribution in [0.25, 0.3) is 0 Å². The molecular weight excluding hydrogens is 641 g/mol. The maximum Gasteiger partial charge on any atom is 0.255 e. The minimum Gasteiger partial charge on any atom is -0.454 e. The number of carbonyl (C=O) groups is 2. The van der Waals surface area contributed by atoms with Gasteiger partial charge in [-0.3, -0.25) is 14.5 Å². The molecule has 3 heterocycles. The summed E-state index contributed by atoms with van der Waals surface area (Å²) in [5.41, 5.74) is 3.88. The first kappa shape index (κ1) is 32.4. The number of aryl methyl sites for hydroxylation is 1. The zero-order valence-corrected chi connectivity index (χ0v) is 27.6. The number of piperazine rings is 1. The Labute approximate surface area is 283 Å². The molecule has 0 bridgehead atoms. The number of nitrogens with zero attached hydrogens (tertiary/aromatic N) is 3. The van der Waals surface area contributed by atoms with Crippen LogP contribution in [-0.2, 0) is 11.3 Å². The summed E-state index contributed by atoms with van der Waals surface area (Å²) in [5, 5.41) is 6.91. The van der Waals surface area contributed by atoms with E-state index in [9.17, 15) is 9.59 Å². The van der Waals surface area contributed by atoms with E-state index in [1.165, 1.54) is 17.8 Å². The maximum absolute atomic E-state index is 13.1. The predicted octanol–water partition coefficient (Wildman–Crippen LogP) is 7.01. The quantitative estimate of drug-likeness (QED) is 0.185. The molecule has 2 aliphatic rings. The van der Waals surface area contributed by atoms with Crippen LogP contribution in [0.3, 0.4) is 0 Å². The fourth-order valence-electron chi connectivity index (χ4n) is 5.50. The van der Waals surface area contributed by atoms with E-state index in [-0.39, 0.29) is 24.6 Å². The van der Waals surface area contributed by atoms with E-state index in [2.05, 4.69) is 26.6 Å². The molecule has 10 nitrogen and oxygen atoms in total. The second-order valence-corrected chi connectivity index (χ2v) is 12.5. The number of ether oxygens (including phenoxy) is 3. The SMILES string of the molecule is Cc1cc(NC(C)CC(=O)N2CCN(Cc3ccc4c(c3)OCO4)CC2)ccc1Oc1ccc(NC(=O)c2ccc(Cl)c(Cl)c2)cn1. The Morgan fingerprint density at radius 2 is 1.70 bits per heavy atom. The van der Waals surface area contributed by atoms with Crippen molar-refractivity contribution in [3.63, 3.8) is 0 Å². The third-order valence-electron chi connectivity index (χ3n) is 8.03. The lowest BCUT2D eigenvalue weighted by atomic mass is 10.1. The number of halogens is 2. The van der Waals surface area contributed by atoms with Crippen LogP contribution in [0.4, 0.5) is 11.4 Å². The number of pyridine rings is 1. The van der Waals surface area contributed by atoms with Gasteiger partial charge in [0.1, 0.15) is 5.75 Å². The summed E-state index contributed by atoms with van der Waals surface area (Å²) in [6.07, 6.45) is 1.92. The van der Waals surface area contributed by atoms with Crippen molar-refractivity contribution in [3.8, 4) is 23.1 Å². The topological polar surface area (TPSA) is 105 Å². The first-order chi connectivity index (χ1) is 22.7. The van der Waals surface area contributed by atoms with Gasteiger partial charge in [-0.05, 0) is 79.6 Å². The van der Waals surface area contributed by atoms with Crippen molar-refractivity contribution in [1.82, 2.24) is 14.8 Å². The Hall–Kier alpha value is -4.51.